The normalized spacial score (nSPS) is 11.8. The monoisotopic (exact) mass is 436 g/mol. The summed E-state index contributed by atoms with van der Waals surface area (Å²) >= 11 is 0. The summed E-state index contributed by atoms with van der Waals surface area (Å²) in [5.41, 5.74) is -2.36. The smallest absolute Gasteiger partial charge is 0.334 e. The highest BCUT2D eigenvalue weighted by Gasteiger charge is 2.38. The second kappa shape index (κ2) is 7.16. The summed E-state index contributed by atoms with van der Waals surface area (Å²) in [5, 5.41) is 12.0. The van der Waals surface area contributed by atoms with Crippen LogP contribution in [0.4, 0.5) is 26.3 Å². The van der Waals surface area contributed by atoms with Crippen LogP contribution in [0.1, 0.15) is 22.6 Å². The van der Waals surface area contributed by atoms with E-state index in [1.807, 2.05) is 0 Å². The molecule has 0 N–H and O–H groups in total. The molecule has 0 unspecified atom stereocenters. The highest BCUT2D eigenvalue weighted by Crippen LogP contribution is 2.40. The van der Waals surface area contributed by atoms with Crippen molar-refractivity contribution < 1.29 is 30.9 Å². The molecule has 4 rings (SSSR count). The number of benzene rings is 2. The number of fused-ring (bicyclic) bond motifs is 1. The Morgan fingerprint density at radius 2 is 1.77 bits per heavy atom. The highest BCUT2D eigenvalue weighted by molar-refractivity contribution is 5.88. The molecule has 4 aromatic rings. The van der Waals surface area contributed by atoms with Gasteiger partial charge in [0, 0.05) is 17.0 Å². The van der Waals surface area contributed by atoms with Crippen molar-refractivity contribution in [1.82, 2.24) is 14.7 Å². The molecule has 11 heteroatoms. The fourth-order valence-electron chi connectivity index (χ4n) is 3.36. The van der Waals surface area contributed by atoms with Gasteiger partial charge < -0.3 is 9.09 Å². The quantitative estimate of drug-likeness (QED) is 0.406. The predicted octanol–water partition coefficient (Wildman–Crippen LogP) is 5.36. The van der Waals surface area contributed by atoms with Crippen LogP contribution in [0.2, 0.25) is 0 Å². The number of alkyl halides is 3. The lowest BCUT2D eigenvalue weighted by molar-refractivity contribution is -0.136. The topological polar surface area (TPSA) is 67.6 Å². The molecule has 2 heterocycles. The Labute approximate surface area is 170 Å². The Morgan fingerprint density at radius 3 is 2.39 bits per heavy atom. The highest BCUT2D eigenvalue weighted by atomic mass is 19.4. The van der Waals surface area contributed by atoms with Gasteiger partial charge in [-0.2, -0.15) is 23.4 Å². The van der Waals surface area contributed by atoms with Crippen molar-refractivity contribution in [1.29, 1.82) is 5.26 Å². The summed E-state index contributed by atoms with van der Waals surface area (Å²) in [6.45, 7) is 0.987. The SMILES string of the molecule is Cc1c(F)c2c(C(F)(F)F)c(C#N)ccc2n1Cc1noc(-c2cc(F)cc(F)c2)n1. The van der Waals surface area contributed by atoms with Crippen LogP contribution in [-0.2, 0) is 12.7 Å². The van der Waals surface area contributed by atoms with Crippen LogP contribution in [0.3, 0.4) is 0 Å². The Kier molecular flexibility index (Phi) is 4.72. The summed E-state index contributed by atoms with van der Waals surface area (Å²) in [7, 11) is 0. The van der Waals surface area contributed by atoms with E-state index in [0.717, 1.165) is 18.2 Å². The number of hydrogen-bond donors (Lipinski definition) is 0. The zero-order valence-electron chi connectivity index (χ0n) is 15.6. The van der Waals surface area contributed by atoms with E-state index in [4.69, 9.17) is 9.78 Å². The average Bonchev–Trinajstić information content (AvgIpc) is 3.25. The molecule has 0 saturated carbocycles. The predicted molar refractivity (Wildman–Crippen MR) is 95.1 cm³/mol. The number of hydrogen-bond acceptors (Lipinski definition) is 4. The largest absolute Gasteiger partial charge is 0.418 e. The molecule has 31 heavy (non-hydrogen) atoms. The van der Waals surface area contributed by atoms with Crippen molar-refractivity contribution in [3.63, 3.8) is 0 Å². The molecular weight excluding hydrogens is 426 g/mol. The van der Waals surface area contributed by atoms with Crippen LogP contribution in [-0.4, -0.2) is 14.7 Å². The van der Waals surface area contributed by atoms with Gasteiger partial charge in [0.05, 0.1) is 35.0 Å². The van der Waals surface area contributed by atoms with Gasteiger partial charge in [-0.15, -0.1) is 0 Å². The minimum Gasteiger partial charge on any atom is -0.334 e. The van der Waals surface area contributed by atoms with E-state index in [1.54, 1.807) is 0 Å². The van der Waals surface area contributed by atoms with Crippen molar-refractivity contribution in [3.05, 3.63) is 70.4 Å². The van der Waals surface area contributed by atoms with Gasteiger partial charge in [-0.25, -0.2) is 13.2 Å². The molecule has 158 valence electrons. The van der Waals surface area contributed by atoms with Crippen molar-refractivity contribution in [2.24, 2.45) is 0 Å². The summed E-state index contributed by atoms with van der Waals surface area (Å²) in [5.74, 6) is -3.13. The minimum atomic E-state index is -4.95. The van der Waals surface area contributed by atoms with E-state index in [1.165, 1.54) is 23.6 Å². The van der Waals surface area contributed by atoms with Crippen LogP contribution >= 0.6 is 0 Å². The summed E-state index contributed by atoms with van der Waals surface area (Å²) in [6, 6.07) is 6.18. The molecule has 0 aliphatic rings. The number of aromatic nitrogens is 3. The first-order valence-corrected chi connectivity index (χ1v) is 8.67. The van der Waals surface area contributed by atoms with Crippen molar-refractivity contribution in [3.8, 4) is 17.5 Å². The van der Waals surface area contributed by atoms with Crippen LogP contribution in [0.25, 0.3) is 22.4 Å². The average molecular weight is 436 g/mol. The molecule has 2 aromatic heterocycles. The van der Waals surface area contributed by atoms with Gasteiger partial charge in [-0.1, -0.05) is 5.16 Å². The van der Waals surface area contributed by atoms with Gasteiger partial charge in [0.15, 0.2) is 11.6 Å². The Morgan fingerprint density at radius 1 is 1.10 bits per heavy atom. The van der Waals surface area contributed by atoms with Gasteiger partial charge in [-0.3, -0.25) is 0 Å². The minimum absolute atomic E-state index is 0.0328. The second-order valence-electron chi connectivity index (χ2n) is 6.65. The lowest BCUT2D eigenvalue weighted by Gasteiger charge is -2.11. The third-order valence-corrected chi connectivity index (χ3v) is 4.70. The molecule has 0 bridgehead atoms. The molecular formula is C20H10F6N4O. The first-order chi connectivity index (χ1) is 14.6. The maximum Gasteiger partial charge on any atom is 0.418 e. The molecule has 2 aromatic carbocycles. The van der Waals surface area contributed by atoms with Gasteiger partial charge in [0.1, 0.15) is 11.6 Å². The fraction of sp³-hybridized carbons (Fsp3) is 0.150. The lowest BCUT2D eigenvalue weighted by Crippen LogP contribution is -2.09. The van der Waals surface area contributed by atoms with E-state index >= 15 is 0 Å². The van der Waals surface area contributed by atoms with Gasteiger partial charge >= 0.3 is 6.18 Å². The Hall–Kier alpha value is -3.81. The zero-order valence-corrected chi connectivity index (χ0v) is 15.6. The van der Waals surface area contributed by atoms with E-state index < -0.39 is 40.1 Å². The maximum atomic E-state index is 14.8. The maximum absolute atomic E-state index is 14.8. The number of nitriles is 1. The van der Waals surface area contributed by atoms with Gasteiger partial charge in [0.2, 0.25) is 0 Å². The van der Waals surface area contributed by atoms with Crippen molar-refractivity contribution in [2.75, 3.05) is 0 Å². The van der Waals surface area contributed by atoms with Crippen LogP contribution in [0, 0.1) is 35.7 Å². The van der Waals surface area contributed by atoms with E-state index in [-0.39, 0.29) is 35.0 Å². The third kappa shape index (κ3) is 3.50. The molecule has 0 spiro atoms. The van der Waals surface area contributed by atoms with E-state index in [2.05, 4.69) is 10.1 Å². The Balaban J connectivity index is 1.81. The summed E-state index contributed by atoms with van der Waals surface area (Å²) in [6.07, 6.45) is -4.95. The summed E-state index contributed by atoms with van der Waals surface area (Å²) < 4.78 is 88.4. The van der Waals surface area contributed by atoms with Crippen molar-refractivity contribution in [2.45, 2.75) is 19.6 Å². The number of nitrogens with zero attached hydrogens (tertiary/aromatic N) is 4. The fourth-order valence-corrected chi connectivity index (χ4v) is 3.36. The third-order valence-electron chi connectivity index (χ3n) is 4.70. The molecule has 0 fully saturated rings. The van der Waals surface area contributed by atoms with Gasteiger partial charge in [0.25, 0.3) is 5.89 Å². The van der Waals surface area contributed by atoms with Crippen LogP contribution < -0.4 is 0 Å². The second-order valence-corrected chi connectivity index (χ2v) is 6.65. The number of halogens is 6. The molecule has 5 nitrogen and oxygen atoms in total. The van der Waals surface area contributed by atoms with Crippen LogP contribution in [0.15, 0.2) is 34.9 Å². The molecule has 0 amide bonds. The first-order valence-electron chi connectivity index (χ1n) is 8.67. The van der Waals surface area contributed by atoms with Crippen molar-refractivity contribution >= 4 is 10.9 Å². The lowest BCUT2D eigenvalue weighted by atomic mass is 10.0. The van der Waals surface area contributed by atoms with Gasteiger partial charge in [-0.05, 0) is 31.2 Å². The molecule has 0 aliphatic carbocycles. The van der Waals surface area contributed by atoms with E-state index in [9.17, 15) is 26.3 Å². The first kappa shape index (κ1) is 20.5. The molecule has 0 atom stereocenters. The molecule has 0 saturated heterocycles. The molecule has 0 radical (unpaired) electrons. The summed E-state index contributed by atoms with van der Waals surface area (Å²) in [4.78, 5) is 3.99. The van der Waals surface area contributed by atoms with Crippen LogP contribution in [0.5, 0.6) is 0 Å². The Bertz CT molecular complexity index is 1340. The van der Waals surface area contributed by atoms with E-state index in [0.29, 0.717) is 6.07 Å². The standard InChI is InChI=1S/C20H10F6N4O/c1-9-18(23)16-14(3-2-10(7-27)17(16)20(24,25)26)30(9)8-15-28-19(31-29-15)11-4-12(21)6-13(22)5-11/h2-6H,8H2,1H3. The zero-order chi connectivity index (χ0) is 22.5. The molecule has 0 aliphatic heterocycles. The number of rotatable bonds is 3.